The van der Waals surface area contributed by atoms with E-state index in [1.807, 2.05) is 0 Å². The summed E-state index contributed by atoms with van der Waals surface area (Å²) in [6.07, 6.45) is -0.311. The fourth-order valence-corrected chi connectivity index (χ4v) is 5.09. The number of benzene rings is 2. The summed E-state index contributed by atoms with van der Waals surface area (Å²) in [5.41, 5.74) is 2.24. The predicted octanol–water partition coefficient (Wildman–Crippen LogP) is 2.26. The molecule has 1 unspecified atom stereocenters. The summed E-state index contributed by atoms with van der Waals surface area (Å²) in [6.45, 7) is 1.79. The van der Waals surface area contributed by atoms with Crippen LogP contribution in [0.1, 0.15) is 5.56 Å². The summed E-state index contributed by atoms with van der Waals surface area (Å²) in [6, 6.07) is 11.6. The molecular formula is C25H23FN4O5. The molecule has 3 aromatic rings. The normalized spacial score (nSPS) is 20.9. The van der Waals surface area contributed by atoms with E-state index in [0.717, 1.165) is 5.39 Å². The summed E-state index contributed by atoms with van der Waals surface area (Å²) in [7, 11) is 0. The van der Waals surface area contributed by atoms with Crippen molar-refractivity contribution >= 4 is 34.3 Å². The van der Waals surface area contributed by atoms with E-state index >= 15 is 0 Å². The molecule has 1 aromatic heterocycles. The van der Waals surface area contributed by atoms with Gasteiger partial charge in [0.1, 0.15) is 17.7 Å². The number of ether oxygens (including phenoxy) is 2. The molecule has 0 radical (unpaired) electrons. The van der Waals surface area contributed by atoms with Crippen molar-refractivity contribution in [3.05, 3.63) is 64.2 Å². The molecule has 3 aliphatic heterocycles. The molecule has 9 nitrogen and oxygen atoms in total. The molecule has 6 rings (SSSR count). The SMILES string of the molecule is O=C1COc2ccc(N3C[C@@H](CNCC4Cc5c(F)ccc6ccc(=O)n(c56)C4)OC3=O)cc2N1. The lowest BCUT2D eigenvalue weighted by Gasteiger charge is -2.27. The van der Waals surface area contributed by atoms with Crippen molar-refractivity contribution in [2.24, 2.45) is 5.92 Å². The van der Waals surface area contributed by atoms with Crippen molar-refractivity contribution < 1.29 is 23.5 Å². The van der Waals surface area contributed by atoms with Gasteiger partial charge < -0.3 is 24.7 Å². The van der Waals surface area contributed by atoms with Crippen LogP contribution in [0.25, 0.3) is 10.9 Å². The fraction of sp³-hybridized carbons (Fsp3) is 0.320. The summed E-state index contributed by atoms with van der Waals surface area (Å²) in [4.78, 5) is 38.0. The molecule has 0 saturated carbocycles. The van der Waals surface area contributed by atoms with Crippen LogP contribution in [0.2, 0.25) is 0 Å². The Hall–Kier alpha value is -3.92. The number of hydrogen-bond donors (Lipinski definition) is 2. The number of carbonyl (C=O) groups excluding carboxylic acids is 2. The molecule has 0 spiro atoms. The van der Waals surface area contributed by atoms with E-state index in [2.05, 4.69) is 10.6 Å². The minimum atomic E-state index is -0.466. The molecule has 1 saturated heterocycles. The highest BCUT2D eigenvalue weighted by Gasteiger charge is 2.33. The Bertz CT molecular complexity index is 1420. The molecule has 180 valence electrons. The lowest BCUT2D eigenvalue weighted by atomic mass is 9.92. The van der Waals surface area contributed by atoms with Gasteiger partial charge in [0.05, 0.1) is 17.7 Å². The van der Waals surface area contributed by atoms with Gasteiger partial charge in [-0.05, 0) is 54.1 Å². The van der Waals surface area contributed by atoms with E-state index in [1.165, 1.54) is 17.0 Å². The molecular weight excluding hydrogens is 455 g/mol. The van der Waals surface area contributed by atoms with Gasteiger partial charge in [0.2, 0.25) is 0 Å². The van der Waals surface area contributed by atoms with Crippen molar-refractivity contribution in [3.8, 4) is 5.75 Å². The Morgan fingerprint density at radius 1 is 1.06 bits per heavy atom. The Labute approximate surface area is 199 Å². The zero-order chi connectivity index (χ0) is 24.1. The maximum absolute atomic E-state index is 14.6. The Kier molecular flexibility index (Phi) is 5.18. The zero-order valence-corrected chi connectivity index (χ0v) is 18.8. The van der Waals surface area contributed by atoms with Crippen molar-refractivity contribution in [1.82, 2.24) is 9.88 Å². The number of fused-ring (bicyclic) bond motifs is 1. The molecule has 35 heavy (non-hydrogen) atoms. The van der Waals surface area contributed by atoms with Crippen LogP contribution in [0.3, 0.4) is 0 Å². The highest BCUT2D eigenvalue weighted by molar-refractivity contribution is 5.97. The Balaban J connectivity index is 1.09. The summed E-state index contributed by atoms with van der Waals surface area (Å²) < 4.78 is 27.1. The second-order valence-electron chi connectivity index (χ2n) is 9.11. The van der Waals surface area contributed by atoms with E-state index in [9.17, 15) is 18.8 Å². The number of anilines is 2. The molecule has 2 N–H and O–H groups in total. The minimum absolute atomic E-state index is 0.0279. The van der Waals surface area contributed by atoms with Gasteiger partial charge in [-0.2, -0.15) is 0 Å². The van der Waals surface area contributed by atoms with Crippen LogP contribution in [0.4, 0.5) is 20.6 Å². The van der Waals surface area contributed by atoms with Crippen LogP contribution < -0.4 is 25.8 Å². The van der Waals surface area contributed by atoms with Gasteiger partial charge >= 0.3 is 6.09 Å². The number of nitrogens with one attached hydrogen (secondary N) is 2. The molecule has 0 bridgehead atoms. The first-order valence-corrected chi connectivity index (χ1v) is 11.5. The second kappa shape index (κ2) is 8.38. The third kappa shape index (κ3) is 3.89. The molecule has 0 aliphatic carbocycles. The largest absolute Gasteiger partial charge is 0.482 e. The first-order chi connectivity index (χ1) is 17.0. The number of halogens is 1. The quantitative estimate of drug-likeness (QED) is 0.584. The lowest BCUT2D eigenvalue weighted by Crippen LogP contribution is -2.38. The van der Waals surface area contributed by atoms with Gasteiger partial charge in [-0.15, -0.1) is 0 Å². The number of carbonyl (C=O) groups is 2. The van der Waals surface area contributed by atoms with Gasteiger partial charge in [0, 0.05) is 37.0 Å². The Morgan fingerprint density at radius 3 is 2.80 bits per heavy atom. The van der Waals surface area contributed by atoms with Crippen LogP contribution in [0.5, 0.6) is 5.75 Å². The highest BCUT2D eigenvalue weighted by Crippen LogP contribution is 2.33. The van der Waals surface area contributed by atoms with Crippen LogP contribution >= 0.6 is 0 Å². The number of nitrogens with zero attached hydrogens (tertiary/aromatic N) is 2. The standard InChI is InChI=1S/C25H23FN4O5/c26-19-4-1-15-2-6-23(32)30-11-14(7-18(19)24(15)30)9-27-10-17-12-29(25(33)35-17)16-3-5-21-20(8-16)28-22(31)13-34-21/h1-6,8,14,17,27H,7,9-13H2,(H,28,31)/t14?,17-/m1/s1. The number of amides is 2. The van der Waals surface area contributed by atoms with Crippen LogP contribution in [0, 0.1) is 11.7 Å². The smallest absolute Gasteiger partial charge is 0.414 e. The number of aromatic nitrogens is 1. The molecule has 3 aliphatic rings. The van der Waals surface area contributed by atoms with E-state index in [0.29, 0.717) is 60.8 Å². The summed E-state index contributed by atoms with van der Waals surface area (Å²) in [5, 5.41) is 6.92. The molecule has 2 atom stereocenters. The van der Waals surface area contributed by atoms with Crippen molar-refractivity contribution in [2.45, 2.75) is 19.1 Å². The molecule has 4 heterocycles. The molecule has 10 heteroatoms. The van der Waals surface area contributed by atoms with Gasteiger partial charge in [-0.3, -0.25) is 14.5 Å². The second-order valence-corrected chi connectivity index (χ2v) is 9.11. The van der Waals surface area contributed by atoms with Gasteiger partial charge in [-0.1, -0.05) is 0 Å². The number of pyridine rings is 1. The number of rotatable bonds is 5. The number of cyclic esters (lactones) is 1. The summed E-state index contributed by atoms with van der Waals surface area (Å²) in [5.74, 6) is 0.0394. The lowest BCUT2D eigenvalue weighted by molar-refractivity contribution is -0.118. The first-order valence-electron chi connectivity index (χ1n) is 11.5. The summed E-state index contributed by atoms with van der Waals surface area (Å²) >= 11 is 0. The third-order valence-electron chi connectivity index (χ3n) is 6.72. The van der Waals surface area contributed by atoms with Gasteiger partial charge in [0.15, 0.2) is 6.61 Å². The monoisotopic (exact) mass is 478 g/mol. The molecule has 1 fully saturated rings. The van der Waals surface area contributed by atoms with Crippen molar-refractivity contribution in [3.63, 3.8) is 0 Å². The average Bonchev–Trinajstić information content (AvgIpc) is 3.22. The van der Waals surface area contributed by atoms with Gasteiger partial charge in [0.25, 0.3) is 11.5 Å². The van der Waals surface area contributed by atoms with Crippen LogP contribution in [-0.2, 0) is 22.5 Å². The Morgan fingerprint density at radius 2 is 1.91 bits per heavy atom. The number of hydrogen-bond acceptors (Lipinski definition) is 6. The van der Waals surface area contributed by atoms with Crippen LogP contribution in [-0.4, -0.2) is 48.9 Å². The van der Waals surface area contributed by atoms with Crippen LogP contribution in [0.15, 0.2) is 47.3 Å². The predicted molar refractivity (Wildman–Crippen MR) is 126 cm³/mol. The van der Waals surface area contributed by atoms with E-state index in [1.54, 1.807) is 34.9 Å². The first kappa shape index (κ1) is 21.6. The zero-order valence-electron chi connectivity index (χ0n) is 18.8. The minimum Gasteiger partial charge on any atom is -0.482 e. The van der Waals surface area contributed by atoms with E-state index < -0.39 is 6.09 Å². The maximum atomic E-state index is 14.6. The van der Waals surface area contributed by atoms with Crippen molar-refractivity contribution in [2.75, 3.05) is 36.5 Å². The topological polar surface area (TPSA) is 102 Å². The highest BCUT2D eigenvalue weighted by atomic mass is 19.1. The van der Waals surface area contributed by atoms with Gasteiger partial charge in [-0.25, -0.2) is 9.18 Å². The van der Waals surface area contributed by atoms with Crippen molar-refractivity contribution in [1.29, 1.82) is 0 Å². The molecule has 2 aromatic carbocycles. The molecule has 2 amide bonds. The maximum Gasteiger partial charge on any atom is 0.414 e. The third-order valence-corrected chi connectivity index (χ3v) is 6.72. The van der Waals surface area contributed by atoms with E-state index in [4.69, 9.17) is 9.47 Å². The average molecular weight is 478 g/mol. The van der Waals surface area contributed by atoms with E-state index in [-0.39, 0.29) is 35.9 Å². The fourth-order valence-electron chi connectivity index (χ4n) is 5.09.